The molecule has 0 spiro atoms. The van der Waals surface area contributed by atoms with Gasteiger partial charge < -0.3 is 10.1 Å². The fraction of sp³-hybridized carbons (Fsp3) is 0.0909. The molecule has 5 heteroatoms. The molecular weight excluding hydrogens is 338 g/mol. The van der Waals surface area contributed by atoms with E-state index in [1.165, 1.54) is 6.92 Å². The van der Waals surface area contributed by atoms with Gasteiger partial charge in [-0.2, -0.15) is 0 Å². The van der Waals surface area contributed by atoms with Gasteiger partial charge in [0.05, 0.1) is 19.0 Å². The molecule has 5 nitrogen and oxygen atoms in total. The van der Waals surface area contributed by atoms with Gasteiger partial charge in [-0.15, -0.1) is 0 Å². The molecule has 27 heavy (non-hydrogen) atoms. The Morgan fingerprint density at radius 3 is 2.52 bits per heavy atom. The fourth-order valence-electron chi connectivity index (χ4n) is 3.11. The number of amides is 1. The summed E-state index contributed by atoms with van der Waals surface area (Å²) in [6.07, 6.45) is 3.92. The summed E-state index contributed by atoms with van der Waals surface area (Å²) in [6.45, 7) is 1.50. The summed E-state index contributed by atoms with van der Waals surface area (Å²) in [5.74, 6) is 0.741. The molecule has 0 radical (unpaired) electrons. The first-order chi connectivity index (χ1) is 13.1. The second kappa shape index (κ2) is 6.96. The number of fused-ring (bicyclic) bond motifs is 1. The van der Waals surface area contributed by atoms with Crippen LogP contribution in [-0.4, -0.2) is 22.4 Å². The van der Waals surface area contributed by atoms with Crippen molar-refractivity contribution in [1.82, 2.24) is 9.38 Å². The van der Waals surface area contributed by atoms with E-state index in [-0.39, 0.29) is 5.91 Å². The predicted octanol–water partition coefficient (Wildman–Crippen LogP) is 4.64. The second-order valence-corrected chi connectivity index (χ2v) is 6.28. The van der Waals surface area contributed by atoms with E-state index in [4.69, 9.17) is 4.74 Å². The van der Waals surface area contributed by atoms with Gasteiger partial charge in [0, 0.05) is 24.4 Å². The van der Waals surface area contributed by atoms with Gasteiger partial charge in [0.15, 0.2) is 0 Å². The van der Waals surface area contributed by atoms with E-state index in [0.29, 0.717) is 0 Å². The molecule has 4 rings (SSSR count). The van der Waals surface area contributed by atoms with Crippen LogP contribution in [0.4, 0.5) is 5.69 Å². The Morgan fingerprint density at radius 2 is 1.78 bits per heavy atom. The van der Waals surface area contributed by atoms with Gasteiger partial charge in [0.2, 0.25) is 5.91 Å². The smallest absolute Gasteiger partial charge is 0.221 e. The minimum atomic E-state index is -0.0907. The van der Waals surface area contributed by atoms with Crippen LogP contribution in [0.15, 0.2) is 73.1 Å². The maximum Gasteiger partial charge on any atom is 0.221 e. The van der Waals surface area contributed by atoms with E-state index in [9.17, 15) is 4.79 Å². The fourth-order valence-corrected chi connectivity index (χ4v) is 3.11. The molecule has 1 N–H and O–H groups in total. The number of imidazole rings is 1. The summed E-state index contributed by atoms with van der Waals surface area (Å²) in [6, 6.07) is 19.8. The van der Waals surface area contributed by atoms with Gasteiger partial charge in [0.25, 0.3) is 0 Å². The van der Waals surface area contributed by atoms with E-state index >= 15 is 0 Å². The number of benzene rings is 2. The highest BCUT2D eigenvalue weighted by Crippen LogP contribution is 2.27. The number of carbonyl (C=O) groups is 1. The number of methoxy groups -OCH3 is 1. The SMILES string of the molecule is COc1ccc(-c2ccc3ncc(-c4cccc(NC(C)=O)c4)n3c2)cc1. The number of nitrogens with one attached hydrogen (secondary N) is 1. The van der Waals surface area contributed by atoms with Crippen LogP contribution in [0, 0.1) is 0 Å². The molecule has 2 heterocycles. The van der Waals surface area contributed by atoms with Gasteiger partial charge >= 0.3 is 0 Å². The predicted molar refractivity (Wildman–Crippen MR) is 107 cm³/mol. The summed E-state index contributed by atoms with van der Waals surface area (Å²) >= 11 is 0. The lowest BCUT2D eigenvalue weighted by Gasteiger charge is -2.08. The Morgan fingerprint density at radius 1 is 1.00 bits per heavy atom. The van der Waals surface area contributed by atoms with E-state index in [2.05, 4.69) is 27.0 Å². The molecule has 0 saturated heterocycles. The summed E-state index contributed by atoms with van der Waals surface area (Å²) in [4.78, 5) is 15.8. The van der Waals surface area contributed by atoms with E-state index in [0.717, 1.165) is 39.5 Å². The second-order valence-electron chi connectivity index (χ2n) is 6.28. The lowest BCUT2D eigenvalue weighted by molar-refractivity contribution is -0.114. The number of ether oxygens (including phenoxy) is 1. The van der Waals surface area contributed by atoms with Crippen molar-refractivity contribution in [3.8, 4) is 28.1 Å². The molecule has 134 valence electrons. The molecular formula is C22H19N3O2. The minimum Gasteiger partial charge on any atom is -0.497 e. The first-order valence-electron chi connectivity index (χ1n) is 8.63. The van der Waals surface area contributed by atoms with Crippen LogP contribution in [0.3, 0.4) is 0 Å². The van der Waals surface area contributed by atoms with Gasteiger partial charge in [-0.3, -0.25) is 9.20 Å². The molecule has 0 aliphatic rings. The quantitative estimate of drug-likeness (QED) is 0.579. The lowest BCUT2D eigenvalue weighted by atomic mass is 10.1. The van der Waals surface area contributed by atoms with Crippen molar-refractivity contribution in [1.29, 1.82) is 0 Å². The summed E-state index contributed by atoms with van der Waals surface area (Å²) < 4.78 is 7.30. The highest BCUT2D eigenvalue weighted by atomic mass is 16.5. The number of nitrogens with zero attached hydrogens (tertiary/aromatic N) is 2. The first-order valence-corrected chi connectivity index (χ1v) is 8.63. The van der Waals surface area contributed by atoms with Gasteiger partial charge in [-0.05, 0) is 47.5 Å². The number of hydrogen-bond donors (Lipinski definition) is 1. The van der Waals surface area contributed by atoms with Crippen molar-refractivity contribution in [2.24, 2.45) is 0 Å². The number of hydrogen-bond acceptors (Lipinski definition) is 3. The number of pyridine rings is 1. The molecule has 0 aliphatic carbocycles. The normalized spacial score (nSPS) is 10.7. The molecule has 0 unspecified atom stereocenters. The third-order valence-electron chi connectivity index (χ3n) is 4.41. The summed E-state index contributed by atoms with van der Waals surface area (Å²) in [5.41, 5.74) is 5.77. The third kappa shape index (κ3) is 3.40. The average Bonchev–Trinajstić information content (AvgIpc) is 3.11. The first kappa shape index (κ1) is 16.8. The molecule has 0 bridgehead atoms. The largest absolute Gasteiger partial charge is 0.497 e. The topological polar surface area (TPSA) is 55.6 Å². The van der Waals surface area contributed by atoms with Crippen molar-refractivity contribution < 1.29 is 9.53 Å². The van der Waals surface area contributed by atoms with Gasteiger partial charge in [-0.1, -0.05) is 24.3 Å². The lowest BCUT2D eigenvalue weighted by Crippen LogP contribution is -2.05. The monoisotopic (exact) mass is 357 g/mol. The zero-order valence-corrected chi connectivity index (χ0v) is 15.1. The van der Waals surface area contributed by atoms with Gasteiger partial charge in [0.1, 0.15) is 11.4 Å². The molecule has 2 aromatic heterocycles. The van der Waals surface area contributed by atoms with Crippen LogP contribution in [0.2, 0.25) is 0 Å². The van der Waals surface area contributed by atoms with Crippen molar-refractivity contribution in [3.05, 3.63) is 73.1 Å². The molecule has 0 saturated carbocycles. The number of carbonyl (C=O) groups excluding carboxylic acids is 1. The molecule has 2 aromatic carbocycles. The van der Waals surface area contributed by atoms with E-state index in [1.807, 2.05) is 60.8 Å². The van der Waals surface area contributed by atoms with Crippen molar-refractivity contribution in [2.45, 2.75) is 6.92 Å². The maximum absolute atomic E-state index is 11.3. The minimum absolute atomic E-state index is 0.0907. The standard InChI is InChI=1S/C22H19N3O2/c1-15(26)24-19-5-3-4-17(12-19)21-13-23-22-11-8-18(14-25(21)22)16-6-9-20(27-2)10-7-16/h3-14H,1-2H3,(H,24,26). The van der Waals surface area contributed by atoms with Crippen molar-refractivity contribution >= 4 is 17.2 Å². The van der Waals surface area contributed by atoms with Crippen LogP contribution in [0.1, 0.15) is 6.92 Å². The Bertz CT molecular complexity index is 1110. The van der Waals surface area contributed by atoms with Crippen molar-refractivity contribution in [3.63, 3.8) is 0 Å². The van der Waals surface area contributed by atoms with Crippen LogP contribution in [0.5, 0.6) is 5.75 Å². The highest BCUT2D eigenvalue weighted by molar-refractivity contribution is 5.89. The number of aromatic nitrogens is 2. The molecule has 4 aromatic rings. The number of rotatable bonds is 4. The van der Waals surface area contributed by atoms with Gasteiger partial charge in [-0.25, -0.2) is 4.98 Å². The maximum atomic E-state index is 11.3. The summed E-state index contributed by atoms with van der Waals surface area (Å²) in [7, 11) is 1.66. The van der Waals surface area contributed by atoms with Crippen molar-refractivity contribution in [2.75, 3.05) is 12.4 Å². The van der Waals surface area contributed by atoms with Crippen LogP contribution >= 0.6 is 0 Å². The summed E-state index contributed by atoms with van der Waals surface area (Å²) in [5, 5.41) is 2.82. The molecule has 0 atom stereocenters. The molecule has 0 fully saturated rings. The average molecular weight is 357 g/mol. The molecule has 1 amide bonds. The zero-order valence-electron chi connectivity index (χ0n) is 15.1. The third-order valence-corrected chi connectivity index (χ3v) is 4.41. The van der Waals surface area contributed by atoms with Crippen LogP contribution in [0.25, 0.3) is 28.0 Å². The van der Waals surface area contributed by atoms with E-state index < -0.39 is 0 Å². The Labute approximate surface area is 157 Å². The Kier molecular flexibility index (Phi) is 4.34. The van der Waals surface area contributed by atoms with E-state index in [1.54, 1.807) is 7.11 Å². The Hall–Kier alpha value is -3.60. The zero-order chi connectivity index (χ0) is 18.8. The Balaban J connectivity index is 1.77. The number of anilines is 1. The van der Waals surface area contributed by atoms with Crippen LogP contribution < -0.4 is 10.1 Å². The molecule has 0 aliphatic heterocycles. The van der Waals surface area contributed by atoms with Crippen LogP contribution in [-0.2, 0) is 4.79 Å². The highest BCUT2D eigenvalue weighted by Gasteiger charge is 2.09.